The van der Waals surface area contributed by atoms with E-state index in [9.17, 15) is 4.79 Å². The van der Waals surface area contributed by atoms with E-state index in [1.165, 1.54) is 24.1 Å². The Bertz CT molecular complexity index is 434. The quantitative estimate of drug-likeness (QED) is 0.735. The number of ketones is 1. The number of carbonyl (C=O) groups excluding carboxylic acids is 1. The van der Waals surface area contributed by atoms with E-state index in [0.717, 1.165) is 31.7 Å². The average molecular weight is 231 g/mol. The summed E-state index contributed by atoms with van der Waals surface area (Å²) in [4.78, 5) is 22.4. The van der Waals surface area contributed by atoms with Crippen LogP contribution >= 0.6 is 0 Å². The molecule has 3 rings (SSSR count). The monoisotopic (exact) mass is 231 g/mol. The number of fused-ring (bicyclic) bond motifs is 1. The van der Waals surface area contributed by atoms with Gasteiger partial charge in [0.25, 0.3) is 0 Å². The highest BCUT2D eigenvalue weighted by atomic mass is 16.1. The van der Waals surface area contributed by atoms with Crippen molar-refractivity contribution in [2.45, 2.75) is 38.5 Å². The van der Waals surface area contributed by atoms with Crippen molar-refractivity contribution >= 4 is 11.6 Å². The lowest BCUT2D eigenvalue weighted by atomic mass is 9.95. The van der Waals surface area contributed by atoms with Gasteiger partial charge in [0.05, 0.1) is 0 Å². The third-order valence-electron chi connectivity index (χ3n) is 3.72. The number of piperidine rings is 1. The number of aryl methyl sites for hydroxylation is 1. The van der Waals surface area contributed by atoms with Gasteiger partial charge in [-0.2, -0.15) is 0 Å². The molecule has 1 aliphatic carbocycles. The minimum atomic E-state index is 0.379. The number of hydrogen-bond acceptors (Lipinski definition) is 4. The van der Waals surface area contributed by atoms with Crippen molar-refractivity contribution in [2.75, 3.05) is 18.0 Å². The van der Waals surface area contributed by atoms with Crippen LogP contribution < -0.4 is 4.90 Å². The molecule has 1 saturated heterocycles. The molecule has 4 heteroatoms. The largest absolute Gasteiger partial charge is 0.355 e. The number of nitrogens with zero attached hydrogens (tertiary/aromatic N) is 3. The molecule has 2 aliphatic rings. The number of aromatic nitrogens is 2. The number of rotatable bonds is 1. The molecule has 0 unspecified atom stereocenters. The number of Topliss-reactive ketones (excluding diaryl/α,β-unsaturated/α-hetero) is 1. The fourth-order valence-electron chi connectivity index (χ4n) is 2.74. The Morgan fingerprint density at radius 2 is 1.76 bits per heavy atom. The van der Waals surface area contributed by atoms with Crippen molar-refractivity contribution in [1.82, 2.24) is 9.97 Å². The first-order valence-electron chi connectivity index (χ1n) is 6.44. The molecule has 1 aromatic rings. The molecular weight excluding hydrogens is 214 g/mol. The molecule has 1 aromatic heterocycles. The van der Waals surface area contributed by atoms with Gasteiger partial charge in [-0.3, -0.25) is 4.79 Å². The Morgan fingerprint density at radius 3 is 2.59 bits per heavy atom. The van der Waals surface area contributed by atoms with Crippen LogP contribution in [0.4, 0.5) is 5.82 Å². The summed E-state index contributed by atoms with van der Waals surface area (Å²) >= 11 is 0. The van der Waals surface area contributed by atoms with Gasteiger partial charge in [0.15, 0.2) is 0 Å². The summed E-state index contributed by atoms with van der Waals surface area (Å²) in [6.07, 6.45) is 7.66. The van der Waals surface area contributed by atoms with Crippen LogP contribution in [0.15, 0.2) is 6.33 Å². The van der Waals surface area contributed by atoms with Crippen LogP contribution in [0.5, 0.6) is 0 Å². The highest BCUT2D eigenvalue weighted by Crippen LogP contribution is 2.28. The Labute approximate surface area is 101 Å². The zero-order valence-corrected chi connectivity index (χ0v) is 9.98. The predicted octanol–water partition coefficient (Wildman–Crippen LogP) is 1.52. The lowest BCUT2D eigenvalue weighted by Crippen LogP contribution is -2.35. The summed E-state index contributed by atoms with van der Waals surface area (Å²) in [6.45, 7) is 1.64. The second-order valence-corrected chi connectivity index (χ2v) is 4.86. The smallest absolute Gasteiger partial charge is 0.136 e. The Kier molecular flexibility index (Phi) is 2.79. The van der Waals surface area contributed by atoms with Crippen LogP contribution in [-0.4, -0.2) is 28.8 Å². The second-order valence-electron chi connectivity index (χ2n) is 4.86. The highest BCUT2D eigenvalue weighted by Gasteiger charge is 2.22. The fourth-order valence-corrected chi connectivity index (χ4v) is 2.74. The molecule has 0 amide bonds. The molecule has 90 valence electrons. The summed E-state index contributed by atoms with van der Waals surface area (Å²) in [5.74, 6) is 1.46. The molecule has 1 fully saturated rings. The zero-order chi connectivity index (χ0) is 11.7. The summed E-state index contributed by atoms with van der Waals surface area (Å²) in [6, 6.07) is 0. The maximum atomic E-state index is 11.3. The van der Waals surface area contributed by atoms with Gasteiger partial charge >= 0.3 is 0 Å². The highest BCUT2D eigenvalue weighted by molar-refractivity contribution is 5.81. The third kappa shape index (κ3) is 2.04. The summed E-state index contributed by atoms with van der Waals surface area (Å²) in [7, 11) is 0. The van der Waals surface area contributed by atoms with Gasteiger partial charge in [0.2, 0.25) is 0 Å². The van der Waals surface area contributed by atoms with Crippen molar-refractivity contribution in [3.05, 3.63) is 17.6 Å². The lowest BCUT2D eigenvalue weighted by molar-refractivity contribution is -0.119. The SMILES string of the molecule is O=C1CCN(c2ncnc3c2CCCC3)CC1. The predicted molar refractivity (Wildman–Crippen MR) is 65.1 cm³/mol. The van der Waals surface area contributed by atoms with E-state index in [0.29, 0.717) is 18.6 Å². The average Bonchev–Trinajstić information content (AvgIpc) is 2.39. The Morgan fingerprint density at radius 1 is 1.00 bits per heavy atom. The van der Waals surface area contributed by atoms with Gasteiger partial charge in [0.1, 0.15) is 17.9 Å². The van der Waals surface area contributed by atoms with E-state index in [1.807, 2.05) is 0 Å². The number of hydrogen-bond donors (Lipinski definition) is 0. The molecule has 1 aliphatic heterocycles. The number of carbonyl (C=O) groups is 1. The van der Waals surface area contributed by atoms with Gasteiger partial charge in [-0.1, -0.05) is 0 Å². The first-order valence-corrected chi connectivity index (χ1v) is 6.44. The van der Waals surface area contributed by atoms with E-state index in [2.05, 4.69) is 14.9 Å². The summed E-state index contributed by atoms with van der Waals surface area (Å²) < 4.78 is 0. The molecule has 0 aromatic carbocycles. The molecule has 0 N–H and O–H groups in total. The first kappa shape index (κ1) is 10.7. The summed E-state index contributed by atoms with van der Waals surface area (Å²) in [5.41, 5.74) is 2.55. The maximum Gasteiger partial charge on any atom is 0.136 e. The van der Waals surface area contributed by atoms with Crippen LogP contribution in [0.3, 0.4) is 0 Å². The van der Waals surface area contributed by atoms with Gasteiger partial charge in [0, 0.05) is 37.2 Å². The van der Waals surface area contributed by atoms with Crippen LogP contribution in [0.2, 0.25) is 0 Å². The van der Waals surface area contributed by atoms with Gasteiger partial charge in [-0.05, 0) is 25.7 Å². The second kappa shape index (κ2) is 4.43. The fraction of sp³-hybridized carbons (Fsp3) is 0.615. The van der Waals surface area contributed by atoms with E-state index < -0.39 is 0 Å². The van der Waals surface area contributed by atoms with Gasteiger partial charge in [-0.25, -0.2) is 9.97 Å². The Hall–Kier alpha value is -1.45. The molecule has 0 spiro atoms. The lowest BCUT2D eigenvalue weighted by Gasteiger charge is -2.30. The normalized spacial score (nSPS) is 20.2. The van der Waals surface area contributed by atoms with E-state index >= 15 is 0 Å². The molecule has 0 radical (unpaired) electrons. The minimum Gasteiger partial charge on any atom is -0.355 e. The van der Waals surface area contributed by atoms with Gasteiger partial charge < -0.3 is 4.90 Å². The van der Waals surface area contributed by atoms with Crippen LogP contribution in [0.25, 0.3) is 0 Å². The van der Waals surface area contributed by atoms with Crippen molar-refractivity contribution in [3.8, 4) is 0 Å². The summed E-state index contributed by atoms with van der Waals surface area (Å²) in [5, 5.41) is 0. The van der Waals surface area contributed by atoms with Crippen molar-refractivity contribution in [1.29, 1.82) is 0 Å². The van der Waals surface area contributed by atoms with Crippen LogP contribution in [0, 0.1) is 0 Å². The zero-order valence-electron chi connectivity index (χ0n) is 9.98. The van der Waals surface area contributed by atoms with E-state index in [1.54, 1.807) is 6.33 Å². The molecule has 2 heterocycles. The van der Waals surface area contributed by atoms with Crippen molar-refractivity contribution in [3.63, 3.8) is 0 Å². The van der Waals surface area contributed by atoms with Crippen LogP contribution in [-0.2, 0) is 17.6 Å². The first-order chi connectivity index (χ1) is 8.34. The number of anilines is 1. The van der Waals surface area contributed by atoms with E-state index in [4.69, 9.17) is 0 Å². The van der Waals surface area contributed by atoms with Crippen molar-refractivity contribution in [2.24, 2.45) is 0 Å². The molecule has 0 atom stereocenters. The standard InChI is InChI=1S/C13H17N3O/c17-10-5-7-16(8-6-10)13-11-3-1-2-4-12(11)14-9-15-13/h9H,1-8H2. The minimum absolute atomic E-state index is 0.379. The topological polar surface area (TPSA) is 46.1 Å². The third-order valence-corrected chi connectivity index (χ3v) is 3.72. The van der Waals surface area contributed by atoms with Gasteiger partial charge in [-0.15, -0.1) is 0 Å². The molecule has 17 heavy (non-hydrogen) atoms. The maximum absolute atomic E-state index is 11.3. The van der Waals surface area contributed by atoms with Crippen molar-refractivity contribution < 1.29 is 4.79 Å². The molecule has 4 nitrogen and oxygen atoms in total. The Balaban J connectivity index is 1.89. The molecule has 0 bridgehead atoms. The van der Waals surface area contributed by atoms with Crippen LogP contribution in [0.1, 0.15) is 36.9 Å². The van der Waals surface area contributed by atoms with E-state index in [-0.39, 0.29) is 0 Å². The molecule has 0 saturated carbocycles. The molecular formula is C13H17N3O.